The minimum Gasteiger partial charge on any atom is -0.584 e. The number of ether oxygens (including phenoxy) is 2. The number of aryl methyl sites for hydroxylation is 2. The van der Waals surface area contributed by atoms with Crippen molar-refractivity contribution < 1.29 is 45.9 Å². The second-order valence-corrected chi connectivity index (χ2v) is 24.3. The van der Waals surface area contributed by atoms with Crippen molar-refractivity contribution in [1.29, 1.82) is 0 Å². The van der Waals surface area contributed by atoms with Crippen molar-refractivity contribution in [2.75, 3.05) is 14.2 Å². The summed E-state index contributed by atoms with van der Waals surface area (Å²) in [5.41, 5.74) is 17.2. The maximum atomic E-state index is 11.3. The maximum Gasteiger partial charge on any atom is 0.273 e. The Balaban J connectivity index is 0.000000246. The Morgan fingerprint density at radius 1 is 0.384 bits per heavy atom. The molecule has 0 aliphatic rings. The van der Waals surface area contributed by atoms with E-state index in [1.54, 1.807) is 36.9 Å². The molecule has 6 aromatic carbocycles. The summed E-state index contributed by atoms with van der Waals surface area (Å²) in [7, 11) is 3.59. The number of phenolic OH excluding ortho intramolecular Hbond substituents is 2. The van der Waals surface area contributed by atoms with Crippen LogP contribution in [0.15, 0.2) is 143 Å². The van der Waals surface area contributed by atoms with Crippen molar-refractivity contribution in [3.05, 3.63) is 201 Å². The summed E-state index contributed by atoms with van der Waals surface area (Å²) in [5, 5.41) is 30.8. The molecule has 0 atom stereocenters. The minimum atomic E-state index is 0. The van der Waals surface area contributed by atoms with Crippen LogP contribution >= 0.6 is 22.7 Å². The average molecular weight is 1090 g/mol. The molecule has 384 valence electrons. The van der Waals surface area contributed by atoms with Gasteiger partial charge in [0.1, 0.15) is 11.5 Å². The number of phenols is 2. The molecule has 0 bridgehead atoms. The van der Waals surface area contributed by atoms with Crippen LogP contribution in [0.5, 0.6) is 23.0 Å². The van der Waals surface area contributed by atoms with Gasteiger partial charge in [-0.1, -0.05) is 132 Å². The summed E-state index contributed by atoms with van der Waals surface area (Å²) in [5.74, 6) is 2.48. The van der Waals surface area contributed by atoms with Gasteiger partial charge in [-0.05, 0) is 104 Å². The van der Waals surface area contributed by atoms with Gasteiger partial charge in [-0.2, -0.15) is 49.2 Å². The van der Waals surface area contributed by atoms with Crippen molar-refractivity contribution in [1.82, 2.24) is 0 Å². The van der Waals surface area contributed by atoms with E-state index >= 15 is 0 Å². The zero-order valence-corrected chi connectivity index (χ0v) is 50.5. The Morgan fingerprint density at radius 3 is 0.890 bits per heavy atom. The molecule has 0 radical (unpaired) electrons. The quantitative estimate of drug-likeness (QED) is 0.129. The predicted octanol–water partition coefficient (Wildman–Crippen LogP) is 18.9. The Hall–Kier alpha value is -5.46. The molecule has 0 unspecified atom stereocenters. The Bertz CT molecular complexity index is 2750. The first kappa shape index (κ1) is 60.1. The molecule has 4 nitrogen and oxygen atoms in total. The van der Waals surface area contributed by atoms with Crippen LogP contribution < -0.4 is 0 Å². The molecule has 73 heavy (non-hydrogen) atoms. The molecule has 0 amide bonds. The van der Waals surface area contributed by atoms with Crippen molar-refractivity contribution >= 4 is 22.7 Å². The van der Waals surface area contributed by atoms with E-state index in [0.717, 1.165) is 78.3 Å². The van der Waals surface area contributed by atoms with Gasteiger partial charge in [-0.15, -0.1) is 46.9 Å². The molecule has 0 aliphatic heterocycles. The van der Waals surface area contributed by atoms with Gasteiger partial charge in [0.05, 0.1) is 21.9 Å². The van der Waals surface area contributed by atoms with E-state index in [0.29, 0.717) is 11.5 Å². The van der Waals surface area contributed by atoms with Crippen LogP contribution in [-0.2, 0) is 47.9 Å². The fourth-order valence-corrected chi connectivity index (χ4v) is 9.62. The third-order valence-electron chi connectivity index (χ3n) is 12.5. The largest absolute Gasteiger partial charge is 0.584 e. The summed E-state index contributed by atoms with van der Waals surface area (Å²) >= 11 is 3.22. The van der Waals surface area contributed by atoms with Gasteiger partial charge in [0.25, 0.3) is 11.5 Å². The number of hydrogen-bond donors (Lipinski definition) is 2. The molecule has 2 aromatic heterocycles. The zero-order chi connectivity index (χ0) is 53.3. The van der Waals surface area contributed by atoms with Crippen LogP contribution in [0.4, 0.5) is 0 Å². The van der Waals surface area contributed by atoms with E-state index in [9.17, 15) is 10.2 Å². The van der Waals surface area contributed by atoms with Crippen LogP contribution in [0.1, 0.15) is 128 Å². The van der Waals surface area contributed by atoms with Crippen LogP contribution in [0, 0.1) is 27.7 Å². The molecule has 0 spiro atoms. The standard InChI is InChI=1S/2C26H32O2S.2C7H7.Zr/c2*1-16-9-20(24(27)21(10-16)22-14-29-15-23(22)28-8)17-11-18(25(2,3)4)13-19(12-17)26(5,6)7;2*1-7-5-3-2-4-6-7;/h2*9-15,27H,1-8H3;2*2-6H,1H2;/q;;2*-1;/p+2. The summed E-state index contributed by atoms with van der Waals surface area (Å²) in [6.45, 7) is 38.4. The zero-order valence-electron chi connectivity index (χ0n) is 46.4. The first-order valence-electron chi connectivity index (χ1n) is 24.7. The first-order chi connectivity index (χ1) is 33.6. The van der Waals surface area contributed by atoms with Gasteiger partial charge in [0.15, 0.2) is 14.2 Å². The van der Waals surface area contributed by atoms with Crippen LogP contribution in [0.25, 0.3) is 44.5 Å². The summed E-state index contributed by atoms with van der Waals surface area (Å²) in [4.78, 5) is 0. The monoisotopic (exact) mass is 1090 g/mol. The van der Waals surface area contributed by atoms with E-state index in [4.69, 9.17) is 0 Å². The number of aliphatic hydroxyl groups is 2. The molecule has 0 saturated heterocycles. The van der Waals surface area contributed by atoms with Crippen molar-refractivity contribution in [2.24, 2.45) is 0 Å². The van der Waals surface area contributed by atoms with Gasteiger partial charge in [0, 0.05) is 59.2 Å². The molecule has 2 heterocycles. The molecule has 4 N–H and O–H groups in total. The summed E-state index contributed by atoms with van der Waals surface area (Å²) in [6, 6.07) is 41.6. The van der Waals surface area contributed by atoms with Gasteiger partial charge >= 0.3 is 0 Å². The van der Waals surface area contributed by atoms with E-state index in [-0.39, 0.29) is 47.9 Å². The first-order valence-corrected chi connectivity index (χ1v) is 26.6. The summed E-state index contributed by atoms with van der Waals surface area (Å²) in [6.07, 6.45) is 0. The number of rotatable bonds is 6. The Morgan fingerprint density at radius 2 is 0.658 bits per heavy atom. The van der Waals surface area contributed by atoms with E-state index < -0.39 is 0 Å². The molecule has 7 heteroatoms. The second kappa shape index (κ2) is 25.2. The summed E-state index contributed by atoms with van der Waals surface area (Å²) < 4.78 is 8.74. The Kier molecular flexibility index (Phi) is 20.7. The minimum absolute atomic E-state index is 0. The van der Waals surface area contributed by atoms with Crippen LogP contribution in [0.3, 0.4) is 0 Å². The molecule has 0 saturated carbocycles. The number of benzene rings is 6. The van der Waals surface area contributed by atoms with E-state index in [2.05, 4.69) is 180 Å². The van der Waals surface area contributed by atoms with Crippen LogP contribution in [-0.4, -0.2) is 33.9 Å². The van der Waals surface area contributed by atoms with Gasteiger partial charge < -0.3 is 19.7 Å². The molecular weight excluding hydrogens is 1010 g/mol. The topological polar surface area (TPSA) is 66.1 Å². The van der Waals surface area contributed by atoms with Crippen molar-refractivity contribution in [3.8, 4) is 67.5 Å². The smallest absolute Gasteiger partial charge is 0.273 e. The third-order valence-corrected chi connectivity index (χ3v) is 14.0. The molecule has 0 aliphatic carbocycles. The predicted molar refractivity (Wildman–Crippen MR) is 315 cm³/mol. The van der Waals surface area contributed by atoms with E-state index in [1.165, 1.54) is 22.3 Å². The fraction of sp³-hybridized carbons (Fsp3) is 0.303. The fourth-order valence-electron chi connectivity index (χ4n) is 7.99. The second-order valence-electron chi connectivity index (χ2n) is 22.8. The Labute approximate surface area is 466 Å². The molecule has 8 aromatic rings. The number of aromatic hydroxyl groups is 4. The average Bonchev–Trinajstić information content (AvgIpc) is 4.00. The molecule has 0 fully saturated rings. The third kappa shape index (κ3) is 16.3. The van der Waals surface area contributed by atoms with E-state index in [1.807, 2.05) is 83.6 Å². The van der Waals surface area contributed by atoms with Crippen molar-refractivity contribution in [2.45, 2.75) is 119 Å². The van der Waals surface area contributed by atoms with Crippen LogP contribution in [0.2, 0.25) is 0 Å². The number of thiophene rings is 2. The maximum absolute atomic E-state index is 11.3. The SMILES string of the molecule is C[OH+]c1cscc1-c1cc(C)cc(-c2cc(C(C)(C)C)cc(C(C)(C)C)c2)c1O.C[OH+]c1cscc1-c1cc(C)cc(-c2cc(C(C)(C)C)cc(C(C)(C)C)c2)c1O.[CH2-]c1ccccc1.[CH2-]c1ccccc1.[Zr]. The number of hydrogen-bond acceptors (Lipinski definition) is 4. The van der Waals surface area contributed by atoms with Crippen molar-refractivity contribution in [3.63, 3.8) is 0 Å². The van der Waals surface area contributed by atoms with Gasteiger partial charge in [-0.3, -0.25) is 0 Å². The van der Waals surface area contributed by atoms with Gasteiger partial charge in [0.2, 0.25) is 0 Å². The molecular formula is C66H80O4S2Zr. The van der Waals surface area contributed by atoms with Gasteiger partial charge in [-0.25, -0.2) is 0 Å². The normalized spacial score (nSPS) is 11.4. The molecule has 8 rings (SSSR count).